The van der Waals surface area contributed by atoms with Gasteiger partial charge in [-0.3, -0.25) is 4.79 Å². The number of hydrogen-bond donors (Lipinski definition) is 0. The molecule has 1 aliphatic heterocycles. The molecule has 1 saturated heterocycles. The van der Waals surface area contributed by atoms with Crippen molar-refractivity contribution < 1.29 is 39.9 Å². The van der Waals surface area contributed by atoms with E-state index in [-0.39, 0.29) is 35.4 Å². The second kappa shape index (κ2) is 11.5. The first kappa shape index (κ1) is 30.6. The Morgan fingerprint density at radius 2 is 1.68 bits per heavy atom. The maximum atomic E-state index is 14.5. The Labute approximate surface area is 252 Å². The second-order valence-electron chi connectivity index (χ2n) is 11.9. The number of sulfone groups is 1. The monoisotopic (exact) mass is 633 g/mol. The van der Waals surface area contributed by atoms with E-state index < -0.39 is 56.2 Å². The van der Waals surface area contributed by atoms with Crippen molar-refractivity contribution in [1.82, 2.24) is 4.90 Å². The molecule has 1 amide bonds. The fourth-order valence-electron chi connectivity index (χ4n) is 7.39. The van der Waals surface area contributed by atoms with Crippen molar-refractivity contribution in [1.29, 1.82) is 0 Å². The van der Waals surface area contributed by atoms with Gasteiger partial charge < -0.3 is 9.64 Å². The predicted molar refractivity (Wildman–Crippen MR) is 152 cm³/mol. The first-order valence-electron chi connectivity index (χ1n) is 14.8. The summed E-state index contributed by atoms with van der Waals surface area (Å²) in [5, 5.41) is 0. The van der Waals surface area contributed by atoms with E-state index in [1.165, 1.54) is 18.2 Å². The standard InChI is InChI=1S/C33H32F5NO4S/c34-23-10-13-25(14-11-23)44(41,42)32-17-18-39(31(40)21-5-2-1-3-6-21)30(32)16-9-22-19-24(12-15-27(22)32)43-20-26-28(33(36,37)38)7-4-8-29(26)35/h4,7-8,10-15,19,21,30H,1-3,5-6,9,16-18,20H2/t30-,32-/m1/s1. The molecule has 3 aromatic rings. The molecule has 0 N–H and O–H groups in total. The van der Waals surface area contributed by atoms with E-state index in [1.807, 2.05) is 0 Å². The lowest BCUT2D eigenvalue weighted by atomic mass is 9.78. The topological polar surface area (TPSA) is 63.7 Å². The summed E-state index contributed by atoms with van der Waals surface area (Å²) >= 11 is 0. The van der Waals surface area contributed by atoms with E-state index in [4.69, 9.17) is 4.74 Å². The van der Waals surface area contributed by atoms with Crippen LogP contribution in [0.15, 0.2) is 65.6 Å². The summed E-state index contributed by atoms with van der Waals surface area (Å²) in [6.07, 6.45) is 0.657. The van der Waals surface area contributed by atoms with Gasteiger partial charge in [-0.2, -0.15) is 13.2 Å². The van der Waals surface area contributed by atoms with Crippen LogP contribution in [0.4, 0.5) is 22.0 Å². The summed E-state index contributed by atoms with van der Waals surface area (Å²) in [4.78, 5) is 15.5. The lowest BCUT2D eigenvalue weighted by molar-refractivity contribution is -0.139. The van der Waals surface area contributed by atoms with Crippen LogP contribution >= 0.6 is 0 Å². The summed E-state index contributed by atoms with van der Waals surface area (Å²) in [5.74, 6) is -1.63. The molecule has 2 aliphatic carbocycles. The molecule has 3 aromatic carbocycles. The maximum Gasteiger partial charge on any atom is 0.416 e. The van der Waals surface area contributed by atoms with Crippen LogP contribution in [-0.4, -0.2) is 31.8 Å². The Kier molecular flexibility index (Phi) is 7.96. The van der Waals surface area contributed by atoms with Gasteiger partial charge in [-0.05, 0) is 91.8 Å². The lowest BCUT2D eigenvalue weighted by Gasteiger charge is -2.43. The smallest absolute Gasteiger partial charge is 0.416 e. The van der Waals surface area contributed by atoms with Crippen molar-refractivity contribution in [2.24, 2.45) is 5.92 Å². The van der Waals surface area contributed by atoms with Gasteiger partial charge in [0.2, 0.25) is 5.91 Å². The molecular formula is C33H32F5NO4S. The highest BCUT2D eigenvalue weighted by atomic mass is 32.2. The van der Waals surface area contributed by atoms with Crippen LogP contribution < -0.4 is 4.74 Å². The molecule has 0 aromatic heterocycles. The molecule has 0 unspecified atom stereocenters. The normalized spacial score (nSPS) is 22.4. The Balaban J connectivity index is 1.38. The zero-order valence-electron chi connectivity index (χ0n) is 23.9. The number of benzene rings is 3. The number of rotatable bonds is 6. The highest BCUT2D eigenvalue weighted by molar-refractivity contribution is 7.92. The van der Waals surface area contributed by atoms with E-state index in [0.29, 0.717) is 24.0 Å². The zero-order chi connectivity index (χ0) is 31.3. The molecule has 2 fully saturated rings. The van der Waals surface area contributed by atoms with Gasteiger partial charge in [0.05, 0.1) is 16.5 Å². The first-order valence-corrected chi connectivity index (χ1v) is 16.3. The lowest BCUT2D eigenvalue weighted by Crippen LogP contribution is -2.53. The number of carbonyl (C=O) groups excluding carboxylic acids is 1. The van der Waals surface area contributed by atoms with Crippen molar-refractivity contribution in [2.45, 2.75) is 79.8 Å². The molecule has 3 aliphatic rings. The fraction of sp³-hybridized carbons (Fsp3) is 0.424. The summed E-state index contributed by atoms with van der Waals surface area (Å²) in [6.45, 7) is -0.419. The quantitative estimate of drug-likeness (QED) is 0.210. The molecular weight excluding hydrogens is 601 g/mol. The molecule has 1 heterocycles. The number of hydrogen-bond acceptors (Lipinski definition) is 4. The number of aryl methyl sites for hydroxylation is 1. The maximum absolute atomic E-state index is 14.5. The van der Waals surface area contributed by atoms with E-state index in [1.54, 1.807) is 17.0 Å². The highest BCUT2D eigenvalue weighted by Crippen LogP contribution is 2.53. The van der Waals surface area contributed by atoms with Gasteiger partial charge in [0, 0.05) is 18.0 Å². The van der Waals surface area contributed by atoms with Crippen molar-refractivity contribution in [3.8, 4) is 5.75 Å². The summed E-state index contributed by atoms with van der Waals surface area (Å²) in [6, 6.07) is 11.4. The van der Waals surface area contributed by atoms with Crippen LogP contribution in [0.1, 0.15) is 67.2 Å². The van der Waals surface area contributed by atoms with Crippen LogP contribution in [0, 0.1) is 17.6 Å². The van der Waals surface area contributed by atoms with Gasteiger partial charge in [-0.15, -0.1) is 0 Å². The van der Waals surface area contributed by atoms with Crippen LogP contribution in [0.2, 0.25) is 0 Å². The summed E-state index contributed by atoms with van der Waals surface area (Å²) in [7, 11) is -4.16. The number of fused-ring (bicyclic) bond motifs is 3. The molecule has 2 atom stereocenters. The van der Waals surface area contributed by atoms with E-state index >= 15 is 0 Å². The fourth-order valence-corrected chi connectivity index (χ4v) is 9.76. The average Bonchev–Trinajstić information content (AvgIpc) is 3.42. The predicted octanol–water partition coefficient (Wildman–Crippen LogP) is 7.36. The molecule has 6 rings (SSSR count). The van der Waals surface area contributed by atoms with Crippen molar-refractivity contribution in [3.63, 3.8) is 0 Å². The number of likely N-dealkylation sites (tertiary alicyclic amines) is 1. The molecule has 5 nitrogen and oxygen atoms in total. The molecule has 234 valence electrons. The minimum Gasteiger partial charge on any atom is -0.489 e. The van der Waals surface area contributed by atoms with E-state index in [2.05, 4.69) is 0 Å². The summed E-state index contributed by atoms with van der Waals surface area (Å²) < 4.78 is 102. The van der Waals surface area contributed by atoms with Crippen molar-refractivity contribution in [2.75, 3.05) is 6.54 Å². The van der Waals surface area contributed by atoms with Crippen molar-refractivity contribution >= 4 is 15.7 Å². The van der Waals surface area contributed by atoms with Gasteiger partial charge >= 0.3 is 6.18 Å². The van der Waals surface area contributed by atoms with Gasteiger partial charge in [0.1, 0.15) is 28.7 Å². The van der Waals surface area contributed by atoms with Crippen LogP contribution in [0.5, 0.6) is 5.75 Å². The highest BCUT2D eigenvalue weighted by Gasteiger charge is 2.61. The Bertz CT molecular complexity index is 1670. The number of ether oxygens (including phenoxy) is 1. The van der Waals surface area contributed by atoms with Crippen LogP contribution in [0.25, 0.3) is 0 Å². The third kappa shape index (κ3) is 5.16. The first-order chi connectivity index (χ1) is 20.9. The number of amides is 1. The molecule has 1 saturated carbocycles. The number of halogens is 5. The number of carbonyl (C=O) groups is 1. The molecule has 0 spiro atoms. The average molecular weight is 634 g/mol. The van der Waals surface area contributed by atoms with Gasteiger partial charge in [-0.1, -0.05) is 31.4 Å². The molecule has 44 heavy (non-hydrogen) atoms. The number of nitrogens with zero attached hydrogens (tertiary/aromatic N) is 1. The molecule has 11 heteroatoms. The van der Waals surface area contributed by atoms with Crippen LogP contribution in [-0.2, 0) is 38.6 Å². The Morgan fingerprint density at radius 3 is 2.39 bits per heavy atom. The van der Waals surface area contributed by atoms with Gasteiger partial charge in [0.25, 0.3) is 0 Å². The van der Waals surface area contributed by atoms with Crippen molar-refractivity contribution in [3.05, 3.63) is 94.6 Å². The second-order valence-corrected chi connectivity index (χ2v) is 14.1. The molecule has 0 bridgehead atoms. The van der Waals surface area contributed by atoms with Crippen LogP contribution in [0.3, 0.4) is 0 Å². The van der Waals surface area contributed by atoms with Gasteiger partial charge in [0.15, 0.2) is 9.84 Å². The minimum atomic E-state index is -4.77. The Hall–Kier alpha value is -3.47. The molecule has 0 radical (unpaired) electrons. The third-order valence-corrected chi connectivity index (χ3v) is 12.1. The van der Waals surface area contributed by atoms with E-state index in [9.17, 15) is 35.2 Å². The largest absolute Gasteiger partial charge is 0.489 e. The SMILES string of the molecule is O=C(C1CCCCC1)N1CC[C@@]2(S(=O)(=O)c3ccc(F)cc3)c3ccc(OCc4c(F)cccc4C(F)(F)F)cc3CC[C@@H]12. The minimum absolute atomic E-state index is 0.0281. The zero-order valence-corrected chi connectivity index (χ0v) is 24.7. The number of alkyl halides is 3. The Morgan fingerprint density at radius 1 is 0.955 bits per heavy atom. The summed E-state index contributed by atoms with van der Waals surface area (Å²) in [5.41, 5.74) is -0.635. The third-order valence-electron chi connectivity index (χ3n) is 9.51. The van der Waals surface area contributed by atoms with E-state index in [0.717, 1.165) is 62.4 Å². The van der Waals surface area contributed by atoms with Gasteiger partial charge in [-0.25, -0.2) is 17.2 Å².